The standard InChI is InChI=1S/C16H21ClN4/c1-19-6-5-18-16(19)13-21-9-7-20(8-10-21)12-14-3-2-4-15(17)11-14/h2-6,11H,7-10,12-13H2,1H3. The SMILES string of the molecule is Cn1ccnc1CN1CCN(Cc2cccc(Cl)c2)CC1. The van der Waals surface area contributed by atoms with Crippen LogP contribution < -0.4 is 0 Å². The topological polar surface area (TPSA) is 24.3 Å². The monoisotopic (exact) mass is 304 g/mol. The van der Waals surface area contributed by atoms with E-state index in [1.165, 1.54) is 5.56 Å². The Kier molecular flexibility index (Phi) is 4.58. The molecule has 1 saturated heterocycles. The average Bonchev–Trinajstić information content (AvgIpc) is 2.87. The quantitative estimate of drug-likeness (QED) is 0.867. The van der Waals surface area contributed by atoms with Gasteiger partial charge in [0.25, 0.3) is 0 Å². The lowest BCUT2D eigenvalue weighted by atomic mass is 10.2. The van der Waals surface area contributed by atoms with Crippen molar-refractivity contribution in [1.29, 1.82) is 0 Å². The maximum Gasteiger partial charge on any atom is 0.122 e. The Morgan fingerprint density at radius 2 is 1.81 bits per heavy atom. The van der Waals surface area contributed by atoms with Crippen LogP contribution in [-0.4, -0.2) is 45.5 Å². The second-order valence-corrected chi connectivity index (χ2v) is 6.07. The third kappa shape index (κ3) is 3.84. The molecule has 1 fully saturated rings. The van der Waals surface area contributed by atoms with Gasteiger partial charge in [-0.25, -0.2) is 4.98 Å². The van der Waals surface area contributed by atoms with Gasteiger partial charge in [-0.1, -0.05) is 23.7 Å². The highest BCUT2D eigenvalue weighted by atomic mass is 35.5. The summed E-state index contributed by atoms with van der Waals surface area (Å²) in [6, 6.07) is 8.15. The van der Waals surface area contributed by atoms with E-state index in [0.717, 1.165) is 50.1 Å². The number of halogens is 1. The Bertz CT molecular complexity index is 587. The Labute approximate surface area is 130 Å². The van der Waals surface area contributed by atoms with Gasteiger partial charge in [0.15, 0.2) is 0 Å². The Morgan fingerprint density at radius 3 is 2.43 bits per heavy atom. The van der Waals surface area contributed by atoms with Crippen molar-refractivity contribution in [3.63, 3.8) is 0 Å². The maximum absolute atomic E-state index is 6.04. The summed E-state index contributed by atoms with van der Waals surface area (Å²) in [4.78, 5) is 9.36. The lowest BCUT2D eigenvalue weighted by molar-refractivity contribution is 0.119. The van der Waals surface area contributed by atoms with E-state index in [2.05, 4.69) is 38.5 Å². The third-order valence-electron chi connectivity index (χ3n) is 4.05. The molecule has 112 valence electrons. The van der Waals surface area contributed by atoms with Gasteiger partial charge in [0.05, 0.1) is 6.54 Å². The average molecular weight is 305 g/mol. The van der Waals surface area contributed by atoms with E-state index in [1.807, 2.05) is 24.5 Å². The van der Waals surface area contributed by atoms with Crippen LogP contribution in [0.25, 0.3) is 0 Å². The summed E-state index contributed by atoms with van der Waals surface area (Å²) in [5.74, 6) is 1.14. The molecule has 0 N–H and O–H groups in total. The largest absolute Gasteiger partial charge is 0.337 e. The first kappa shape index (κ1) is 14.6. The van der Waals surface area contributed by atoms with Gasteiger partial charge in [0.1, 0.15) is 5.82 Å². The number of piperazine rings is 1. The number of aromatic nitrogens is 2. The highest BCUT2D eigenvalue weighted by Gasteiger charge is 2.18. The summed E-state index contributed by atoms with van der Waals surface area (Å²) in [5, 5.41) is 0.820. The molecule has 2 aromatic rings. The number of rotatable bonds is 4. The van der Waals surface area contributed by atoms with Gasteiger partial charge < -0.3 is 4.57 Å². The van der Waals surface area contributed by atoms with E-state index in [-0.39, 0.29) is 0 Å². The van der Waals surface area contributed by atoms with Gasteiger partial charge in [-0.2, -0.15) is 0 Å². The summed E-state index contributed by atoms with van der Waals surface area (Å²) in [6.07, 6.45) is 3.87. The minimum Gasteiger partial charge on any atom is -0.337 e. The Balaban J connectivity index is 1.50. The molecule has 1 aliphatic rings. The Morgan fingerprint density at radius 1 is 1.10 bits per heavy atom. The molecule has 0 unspecified atom stereocenters. The van der Waals surface area contributed by atoms with E-state index < -0.39 is 0 Å². The van der Waals surface area contributed by atoms with Gasteiger partial charge in [0, 0.05) is 57.2 Å². The minimum atomic E-state index is 0.820. The zero-order chi connectivity index (χ0) is 14.7. The summed E-state index contributed by atoms with van der Waals surface area (Å²) in [6.45, 7) is 6.29. The number of benzene rings is 1. The van der Waals surface area contributed by atoms with Crippen molar-refractivity contribution in [2.45, 2.75) is 13.1 Å². The summed E-state index contributed by atoms with van der Waals surface area (Å²) >= 11 is 6.04. The first-order valence-electron chi connectivity index (χ1n) is 7.36. The molecule has 1 aliphatic heterocycles. The third-order valence-corrected chi connectivity index (χ3v) is 4.28. The zero-order valence-electron chi connectivity index (χ0n) is 12.4. The molecule has 1 aromatic heterocycles. The van der Waals surface area contributed by atoms with Crippen LogP contribution in [0.1, 0.15) is 11.4 Å². The van der Waals surface area contributed by atoms with E-state index >= 15 is 0 Å². The molecule has 0 aliphatic carbocycles. The van der Waals surface area contributed by atoms with E-state index in [0.29, 0.717) is 0 Å². The van der Waals surface area contributed by atoms with Crippen LogP contribution >= 0.6 is 11.6 Å². The molecule has 5 heteroatoms. The predicted molar refractivity (Wildman–Crippen MR) is 85.2 cm³/mol. The minimum absolute atomic E-state index is 0.820. The highest BCUT2D eigenvalue weighted by Crippen LogP contribution is 2.14. The number of aryl methyl sites for hydroxylation is 1. The fraction of sp³-hybridized carbons (Fsp3) is 0.438. The normalized spacial score (nSPS) is 17.2. The molecule has 0 spiro atoms. The van der Waals surface area contributed by atoms with Crippen molar-refractivity contribution in [1.82, 2.24) is 19.4 Å². The molecule has 4 nitrogen and oxygen atoms in total. The van der Waals surface area contributed by atoms with Crippen LogP contribution in [0.15, 0.2) is 36.7 Å². The van der Waals surface area contributed by atoms with Crippen LogP contribution in [0, 0.1) is 0 Å². The van der Waals surface area contributed by atoms with Crippen LogP contribution in [0.5, 0.6) is 0 Å². The van der Waals surface area contributed by atoms with Crippen molar-refractivity contribution in [2.24, 2.45) is 7.05 Å². The molecule has 2 heterocycles. The second kappa shape index (κ2) is 6.60. The molecule has 3 rings (SSSR count). The molecule has 0 amide bonds. The molecule has 21 heavy (non-hydrogen) atoms. The van der Waals surface area contributed by atoms with Gasteiger partial charge in [0.2, 0.25) is 0 Å². The van der Waals surface area contributed by atoms with Gasteiger partial charge in [-0.15, -0.1) is 0 Å². The van der Waals surface area contributed by atoms with Crippen molar-refractivity contribution in [2.75, 3.05) is 26.2 Å². The number of hydrogen-bond acceptors (Lipinski definition) is 3. The van der Waals surface area contributed by atoms with Gasteiger partial charge in [-0.3, -0.25) is 9.80 Å². The van der Waals surface area contributed by atoms with Crippen molar-refractivity contribution >= 4 is 11.6 Å². The van der Waals surface area contributed by atoms with Gasteiger partial charge in [-0.05, 0) is 17.7 Å². The molecule has 0 saturated carbocycles. The molecule has 0 radical (unpaired) electrons. The fourth-order valence-corrected chi connectivity index (χ4v) is 2.96. The highest BCUT2D eigenvalue weighted by molar-refractivity contribution is 6.30. The zero-order valence-corrected chi connectivity index (χ0v) is 13.1. The van der Waals surface area contributed by atoms with E-state index in [1.54, 1.807) is 0 Å². The van der Waals surface area contributed by atoms with Crippen LogP contribution in [-0.2, 0) is 20.1 Å². The fourth-order valence-electron chi connectivity index (χ4n) is 2.75. The Hall–Kier alpha value is -1.36. The summed E-state index contributed by atoms with van der Waals surface area (Å²) < 4.78 is 2.10. The molecular weight excluding hydrogens is 284 g/mol. The first-order chi connectivity index (χ1) is 10.2. The molecule has 1 aromatic carbocycles. The maximum atomic E-state index is 6.04. The number of imidazole rings is 1. The number of hydrogen-bond donors (Lipinski definition) is 0. The first-order valence-corrected chi connectivity index (χ1v) is 7.74. The van der Waals surface area contributed by atoms with Crippen molar-refractivity contribution in [3.05, 3.63) is 53.1 Å². The second-order valence-electron chi connectivity index (χ2n) is 5.64. The van der Waals surface area contributed by atoms with Crippen LogP contribution in [0.2, 0.25) is 5.02 Å². The van der Waals surface area contributed by atoms with Crippen molar-refractivity contribution < 1.29 is 0 Å². The molecule has 0 bridgehead atoms. The van der Waals surface area contributed by atoms with E-state index in [4.69, 9.17) is 11.6 Å². The van der Waals surface area contributed by atoms with Crippen LogP contribution in [0.4, 0.5) is 0 Å². The number of nitrogens with zero attached hydrogens (tertiary/aromatic N) is 4. The van der Waals surface area contributed by atoms with Gasteiger partial charge >= 0.3 is 0 Å². The van der Waals surface area contributed by atoms with Crippen molar-refractivity contribution in [3.8, 4) is 0 Å². The summed E-state index contributed by atoms with van der Waals surface area (Å²) in [5.41, 5.74) is 1.29. The van der Waals surface area contributed by atoms with Crippen LogP contribution in [0.3, 0.4) is 0 Å². The smallest absolute Gasteiger partial charge is 0.122 e. The summed E-state index contributed by atoms with van der Waals surface area (Å²) in [7, 11) is 2.05. The van der Waals surface area contributed by atoms with E-state index in [9.17, 15) is 0 Å². The lowest BCUT2D eigenvalue weighted by Gasteiger charge is -2.34. The lowest BCUT2D eigenvalue weighted by Crippen LogP contribution is -2.45. The molecular formula is C16H21ClN4. The molecule has 0 atom stereocenters. The predicted octanol–water partition coefficient (Wildman–Crippen LogP) is 2.39.